The molecule has 2 amide bonds. The fourth-order valence-electron chi connectivity index (χ4n) is 6.67. The predicted molar refractivity (Wildman–Crippen MR) is 219 cm³/mol. The molecular weight excluding hydrogens is 751 g/mol. The van der Waals surface area contributed by atoms with Crippen LogP contribution in [0.1, 0.15) is 32.3 Å². The second-order valence-corrected chi connectivity index (χ2v) is 21.7. The molecule has 6 aromatic rings. The third-order valence-electron chi connectivity index (χ3n) is 9.27. The number of halogens is 1. The molecule has 5 aromatic carbocycles. The Bertz CT molecular complexity index is 2150. The zero-order chi connectivity index (χ0) is 37.3. The summed E-state index contributed by atoms with van der Waals surface area (Å²) in [4.78, 5) is 38.0. The van der Waals surface area contributed by atoms with E-state index in [0.717, 1.165) is 31.0 Å². The number of hydrogen-bond acceptors (Lipinski definition) is 6. The number of carbonyl (C=O) groups excluding carboxylic acids is 2. The summed E-state index contributed by atoms with van der Waals surface area (Å²) in [5.41, 5.74) is 1.50. The standard InChI is InChI=1S/C43H42BrN2O6P/c1-3-45-42(48)51-38-28-27-36-37(47)30-39(50-40(36)41(38)52-43(49)46-4-2)32-25-23-31(24-26-32)16-14-15-29-53(44,33-17-8-5-9-18-33,34-19-10-6-11-20-34)35-21-12-7-13-22-35/h5-13,17-28,30H,3-4,14-16,29H2,1-2H3,(H,45,48)(H,46,49). The molecule has 10 heteroatoms. The van der Waals surface area contributed by atoms with Gasteiger partial charge >= 0.3 is 244 Å². The molecule has 0 radical (unpaired) electrons. The van der Waals surface area contributed by atoms with Crippen molar-refractivity contribution in [3.05, 3.63) is 149 Å². The zero-order valence-corrected chi connectivity index (χ0v) is 32.2. The van der Waals surface area contributed by atoms with E-state index in [9.17, 15) is 14.4 Å². The molecule has 0 aliphatic carbocycles. The van der Waals surface area contributed by atoms with Crippen LogP contribution in [-0.4, -0.2) is 31.4 Å². The number of amides is 2. The van der Waals surface area contributed by atoms with Crippen molar-refractivity contribution in [3.63, 3.8) is 0 Å². The van der Waals surface area contributed by atoms with Gasteiger partial charge in [0.05, 0.1) is 0 Å². The number of carbonyl (C=O) groups is 2. The number of ether oxygens (including phenoxy) is 2. The summed E-state index contributed by atoms with van der Waals surface area (Å²) in [5.74, 6) is 0.0604. The minimum atomic E-state index is -3.00. The van der Waals surface area contributed by atoms with Crippen LogP contribution in [-0.2, 0) is 6.42 Å². The Kier molecular flexibility index (Phi) is 11.8. The molecule has 0 saturated heterocycles. The van der Waals surface area contributed by atoms with Crippen LogP contribution in [0, 0.1) is 0 Å². The fraction of sp³-hybridized carbons (Fsp3) is 0.186. The SMILES string of the molecule is CCNC(=O)Oc1ccc2c(=O)cc(-c3ccc(CCCCP(Br)(c4ccccc4)(c4ccccc4)c4ccccc4)cc3)oc2c1OC(=O)NCC. The monoisotopic (exact) mass is 792 g/mol. The summed E-state index contributed by atoms with van der Waals surface area (Å²) in [5, 5.41) is 6.19. The zero-order valence-electron chi connectivity index (χ0n) is 29.7. The van der Waals surface area contributed by atoms with Crippen LogP contribution in [0.4, 0.5) is 9.59 Å². The van der Waals surface area contributed by atoms with Gasteiger partial charge in [0.25, 0.3) is 0 Å². The Labute approximate surface area is 317 Å². The summed E-state index contributed by atoms with van der Waals surface area (Å²) in [6.45, 7) is 4.14. The third-order valence-corrected chi connectivity index (χ3v) is 19.3. The minimum Gasteiger partial charge on any atom is -0.402 e. The molecule has 0 unspecified atom stereocenters. The molecule has 6 rings (SSSR count). The van der Waals surface area contributed by atoms with Gasteiger partial charge in [0.2, 0.25) is 0 Å². The van der Waals surface area contributed by atoms with Crippen molar-refractivity contribution in [1.82, 2.24) is 10.6 Å². The Morgan fingerprint density at radius 1 is 0.679 bits per heavy atom. The number of hydrogen-bond donors (Lipinski definition) is 2. The van der Waals surface area contributed by atoms with Gasteiger partial charge in [-0.05, 0) is 26.0 Å². The van der Waals surface area contributed by atoms with Crippen molar-refractivity contribution in [1.29, 1.82) is 0 Å². The molecule has 0 bridgehead atoms. The number of benzene rings is 5. The van der Waals surface area contributed by atoms with Gasteiger partial charge in [-0.2, -0.15) is 0 Å². The maximum absolute atomic E-state index is 13.3. The molecule has 0 aliphatic rings. The van der Waals surface area contributed by atoms with Gasteiger partial charge in [0, 0.05) is 13.1 Å². The number of aryl methyl sites for hydroxylation is 1. The first kappa shape index (κ1) is 37.5. The van der Waals surface area contributed by atoms with Crippen LogP contribution in [0.2, 0.25) is 0 Å². The van der Waals surface area contributed by atoms with Crippen molar-refractivity contribution < 1.29 is 23.5 Å². The Morgan fingerprint density at radius 2 is 1.21 bits per heavy atom. The van der Waals surface area contributed by atoms with E-state index in [4.69, 9.17) is 13.9 Å². The predicted octanol–water partition coefficient (Wildman–Crippen LogP) is 8.84. The van der Waals surface area contributed by atoms with E-state index in [1.54, 1.807) is 13.8 Å². The smallest absolute Gasteiger partial charge is 0.402 e. The van der Waals surface area contributed by atoms with Crippen LogP contribution in [0.5, 0.6) is 11.5 Å². The molecule has 2 N–H and O–H groups in total. The van der Waals surface area contributed by atoms with Crippen LogP contribution in [0.3, 0.4) is 0 Å². The van der Waals surface area contributed by atoms with Crippen LogP contribution in [0.15, 0.2) is 143 Å². The van der Waals surface area contributed by atoms with E-state index in [1.807, 2.05) is 24.3 Å². The van der Waals surface area contributed by atoms with E-state index >= 15 is 0 Å². The van der Waals surface area contributed by atoms with Gasteiger partial charge in [0.1, 0.15) is 0 Å². The molecule has 0 spiro atoms. The molecule has 0 fully saturated rings. The molecule has 8 nitrogen and oxygen atoms in total. The number of unbranched alkanes of at least 4 members (excludes halogenated alkanes) is 1. The van der Waals surface area contributed by atoms with Gasteiger partial charge < -0.3 is 20.1 Å². The van der Waals surface area contributed by atoms with Gasteiger partial charge in [-0.25, -0.2) is 9.59 Å². The van der Waals surface area contributed by atoms with E-state index in [0.29, 0.717) is 18.7 Å². The average molecular weight is 794 g/mol. The van der Waals surface area contributed by atoms with Gasteiger partial charge in [0.15, 0.2) is 5.75 Å². The number of nitrogens with one attached hydrogen (secondary N) is 2. The molecule has 53 heavy (non-hydrogen) atoms. The second-order valence-electron chi connectivity index (χ2n) is 12.7. The maximum atomic E-state index is 13.3. The molecule has 1 aromatic heterocycles. The van der Waals surface area contributed by atoms with E-state index in [1.165, 1.54) is 34.1 Å². The minimum absolute atomic E-state index is 0.00372. The Morgan fingerprint density at radius 3 is 1.74 bits per heavy atom. The topological polar surface area (TPSA) is 107 Å². The Balaban J connectivity index is 1.25. The molecule has 0 atom stereocenters. The van der Waals surface area contributed by atoms with E-state index in [-0.39, 0.29) is 33.7 Å². The van der Waals surface area contributed by atoms with Crippen LogP contribution < -0.4 is 41.4 Å². The Hall–Kier alpha value is -5.24. The first-order valence-electron chi connectivity index (χ1n) is 17.8. The molecular formula is C43H42BrN2O6P. The molecule has 272 valence electrons. The second kappa shape index (κ2) is 16.6. The quantitative estimate of drug-likeness (QED) is 0.0895. The first-order chi connectivity index (χ1) is 25.7. The number of rotatable bonds is 13. The molecule has 0 saturated carbocycles. The van der Waals surface area contributed by atoms with E-state index < -0.39 is 17.5 Å². The summed E-state index contributed by atoms with van der Waals surface area (Å²) in [6.07, 6.45) is 2.26. The third kappa shape index (κ3) is 7.92. The van der Waals surface area contributed by atoms with Crippen molar-refractivity contribution in [2.45, 2.75) is 33.1 Å². The summed E-state index contributed by atoms with van der Waals surface area (Å²) in [6, 6.07) is 44.7. The first-order valence-corrected chi connectivity index (χ1v) is 22.2. The van der Waals surface area contributed by atoms with E-state index in [2.05, 4.69) is 117 Å². The molecule has 0 aliphatic heterocycles. The summed E-state index contributed by atoms with van der Waals surface area (Å²) >= 11 is 4.55. The van der Waals surface area contributed by atoms with Gasteiger partial charge in [-0.15, -0.1) is 0 Å². The van der Waals surface area contributed by atoms with Crippen molar-refractivity contribution in [2.75, 3.05) is 19.3 Å². The van der Waals surface area contributed by atoms with Crippen LogP contribution in [0.25, 0.3) is 22.3 Å². The van der Waals surface area contributed by atoms with Crippen molar-refractivity contribution >= 4 is 59.9 Å². The fourth-order valence-corrected chi connectivity index (χ4v) is 14.4. The van der Waals surface area contributed by atoms with Crippen LogP contribution >= 0.6 is 20.8 Å². The van der Waals surface area contributed by atoms with Gasteiger partial charge in [-0.1, -0.05) is 0 Å². The van der Waals surface area contributed by atoms with Crippen molar-refractivity contribution in [3.8, 4) is 22.8 Å². The molecule has 1 heterocycles. The average Bonchev–Trinajstić information content (AvgIpc) is 3.19. The van der Waals surface area contributed by atoms with Crippen molar-refractivity contribution in [2.24, 2.45) is 0 Å². The summed E-state index contributed by atoms with van der Waals surface area (Å²) < 4.78 is 17.1. The summed E-state index contributed by atoms with van der Waals surface area (Å²) in [7, 11) is 0. The normalized spacial score (nSPS) is 12.0. The number of fused-ring (bicyclic) bond motifs is 1. The van der Waals surface area contributed by atoms with Gasteiger partial charge in [-0.3, -0.25) is 0 Å².